The quantitative estimate of drug-likeness (QED) is 0.574. The van der Waals surface area contributed by atoms with Crippen molar-refractivity contribution in [2.24, 2.45) is 17.8 Å². The van der Waals surface area contributed by atoms with Crippen LogP contribution in [-0.4, -0.2) is 19.0 Å². The molecule has 3 rings (SSSR count). The first-order valence-electron chi connectivity index (χ1n) is 5.27. The highest BCUT2D eigenvalue weighted by Gasteiger charge is 2.60. The number of fused-ring (bicyclic) bond motifs is 3. The molecule has 3 aliphatic rings. The molecule has 0 aromatic rings. The first-order chi connectivity index (χ1) is 6.37. The van der Waals surface area contributed by atoms with Crippen LogP contribution in [0.2, 0.25) is 0 Å². The van der Waals surface area contributed by atoms with E-state index in [1.54, 1.807) is 0 Å². The zero-order valence-electron chi connectivity index (χ0n) is 7.87. The summed E-state index contributed by atoms with van der Waals surface area (Å²) in [6.45, 7) is 5.46. The molecule has 3 unspecified atom stereocenters. The molecule has 2 aliphatic carbocycles. The van der Waals surface area contributed by atoms with Crippen molar-refractivity contribution in [3.63, 3.8) is 0 Å². The van der Waals surface area contributed by atoms with Gasteiger partial charge in [-0.1, -0.05) is 6.08 Å². The predicted molar refractivity (Wildman–Crippen MR) is 49.2 cm³/mol. The minimum atomic E-state index is -0.245. The van der Waals surface area contributed by atoms with Gasteiger partial charge in [0.1, 0.15) is 0 Å². The van der Waals surface area contributed by atoms with Gasteiger partial charge in [0.15, 0.2) is 5.79 Å². The smallest absolute Gasteiger partial charge is 0.177 e. The molecular formula is C11H16O2. The predicted octanol–water partition coefficient (Wildman–Crippen LogP) is 1.96. The zero-order valence-corrected chi connectivity index (χ0v) is 7.87. The Morgan fingerprint density at radius 1 is 1.23 bits per heavy atom. The Labute approximate surface area is 78.9 Å². The van der Waals surface area contributed by atoms with Crippen molar-refractivity contribution < 1.29 is 9.47 Å². The fraction of sp³-hybridized carbons (Fsp3) is 0.818. The minimum absolute atomic E-state index is 0.245. The minimum Gasteiger partial charge on any atom is -0.347 e. The lowest BCUT2D eigenvalue weighted by atomic mass is 9.83. The van der Waals surface area contributed by atoms with Crippen LogP contribution in [0.5, 0.6) is 0 Å². The van der Waals surface area contributed by atoms with Crippen LogP contribution < -0.4 is 0 Å². The Kier molecular flexibility index (Phi) is 1.59. The highest BCUT2D eigenvalue weighted by molar-refractivity contribution is 5.10. The summed E-state index contributed by atoms with van der Waals surface area (Å²) < 4.78 is 11.7. The molecule has 0 amide bonds. The Morgan fingerprint density at radius 3 is 2.69 bits per heavy atom. The topological polar surface area (TPSA) is 18.5 Å². The number of rotatable bonds is 1. The van der Waals surface area contributed by atoms with Gasteiger partial charge in [0.05, 0.1) is 13.2 Å². The van der Waals surface area contributed by atoms with E-state index < -0.39 is 0 Å². The van der Waals surface area contributed by atoms with Crippen LogP contribution in [0.15, 0.2) is 12.7 Å². The molecule has 72 valence electrons. The van der Waals surface area contributed by atoms with Crippen molar-refractivity contribution in [1.82, 2.24) is 0 Å². The molecule has 1 spiro atoms. The normalized spacial score (nSPS) is 46.0. The lowest BCUT2D eigenvalue weighted by Gasteiger charge is -2.37. The molecule has 0 aromatic heterocycles. The molecule has 13 heavy (non-hydrogen) atoms. The van der Waals surface area contributed by atoms with Crippen molar-refractivity contribution in [3.8, 4) is 0 Å². The highest BCUT2D eigenvalue weighted by atomic mass is 16.7. The largest absolute Gasteiger partial charge is 0.347 e. The van der Waals surface area contributed by atoms with Crippen LogP contribution >= 0.6 is 0 Å². The molecule has 2 nitrogen and oxygen atoms in total. The van der Waals surface area contributed by atoms with E-state index in [1.807, 2.05) is 0 Å². The average Bonchev–Trinajstić information content (AvgIpc) is 2.79. The summed E-state index contributed by atoms with van der Waals surface area (Å²) in [6.07, 6.45) is 5.97. The van der Waals surface area contributed by atoms with E-state index in [1.165, 1.54) is 19.3 Å². The molecule has 3 atom stereocenters. The van der Waals surface area contributed by atoms with Crippen LogP contribution in [0.4, 0.5) is 0 Å². The Morgan fingerprint density at radius 2 is 2.00 bits per heavy atom. The maximum atomic E-state index is 5.85. The summed E-state index contributed by atoms with van der Waals surface area (Å²) in [7, 11) is 0. The van der Waals surface area contributed by atoms with E-state index in [2.05, 4.69) is 12.7 Å². The molecule has 2 bridgehead atoms. The molecular weight excluding hydrogens is 164 g/mol. The standard InChI is InChI=1S/C11H16O2/c1-2-10-8-3-4-9(7-8)11(10)12-5-6-13-11/h2,8-10H,1,3-7H2. The average molecular weight is 180 g/mol. The Bertz CT molecular complexity index is 230. The molecule has 1 saturated heterocycles. The highest BCUT2D eigenvalue weighted by Crippen LogP contribution is 2.58. The molecule has 1 aliphatic heterocycles. The van der Waals surface area contributed by atoms with Gasteiger partial charge in [-0.2, -0.15) is 0 Å². The van der Waals surface area contributed by atoms with Gasteiger partial charge in [-0.15, -0.1) is 6.58 Å². The lowest BCUT2D eigenvalue weighted by molar-refractivity contribution is -0.211. The van der Waals surface area contributed by atoms with E-state index >= 15 is 0 Å². The fourth-order valence-electron chi connectivity index (χ4n) is 3.54. The van der Waals surface area contributed by atoms with E-state index in [9.17, 15) is 0 Å². The van der Waals surface area contributed by atoms with E-state index in [0.717, 1.165) is 19.1 Å². The van der Waals surface area contributed by atoms with Gasteiger partial charge < -0.3 is 9.47 Å². The van der Waals surface area contributed by atoms with E-state index in [0.29, 0.717) is 11.8 Å². The SMILES string of the molecule is C=CC1C2CCC(C2)C12OCCO2. The third-order valence-corrected chi connectivity index (χ3v) is 4.01. The number of hydrogen-bond donors (Lipinski definition) is 0. The van der Waals surface area contributed by atoms with Gasteiger partial charge in [0, 0.05) is 11.8 Å². The molecule has 0 N–H and O–H groups in total. The van der Waals surface area contributed by atoms with Crippen molar-refractivity contribution in [2.45, 2.75) is 25.0 Å². The van der Waals surface area contributed by atoms with Crippen molar-refractivity contribution in [2.75, 3.05) is 13.2 Å². The summed E-state index contributed by atoms with van der Waals surface area (Å²) in [6, 6.07) is 0. The van der Waals surface area contributed by atoms with Gasteiger partial charge in [0.25, 0.3) is 0 Å². The molecule has 1 heterocycles. The number of hydrogen-bond acceptors (Lipinski definition) is 2. The van der Waals surface area contributed by atoms with Crippen LogP contribution in [0, 0.1) is 17.8 Å². The fourth-order valence-corrected chi connectivity index (χ4v) is 3.54. The monoisotopic (exact) mass is 180 g/mol. The summed E-state index contributed by atoms with van der Waals surface area (Å²) in [5, 5.41) is 0. The second kappa shape index (κ2) is 2.58. The molecule has 0 radical (unpaired) electrons. The molecule has 2 saturated carbocycles. The summed E-state index contributed by atoms with van der Waals surface area (Å²) >= 11 is 0. The van der Waals surface area contributed by atoms with E-state index in [-0.39, 0.29) is 5.79 Å². The van der Waals surface area contributed by atoms with Gasteiger partial charge in [-0.25, -0.2) is 0 Å². The molecule has 2 heteroatoms. The van der Waals surface area contributed by atoms with E-state index in [4.69, 9.17) is 9.47 Å². The van der Waals surface area contributed by atoms with Crippen molar-refractivity contribution in [1.29, 1.82) is 0 Å². The number of ether oxygens (including phenoxy) is 2. The zero-order chi connectivity index (χ0) is 8.89. The third kappa shape index (κ3) is 0.856. The van der Waals surface area contributed by atoms with Crippen LogP contribution in [0.3, 0.4) is 0 Å². The van der Waals surface area contributed by atoms with Gasteiger partial charge in [-0.05, 0) is 25.2 Å². The summed E-state index contributed by atoms with van der Waals surface area (Å²) in [4.78, 5) is 0. The Hall–Kier alpha value is -0.340. The van der Waals surface area contributed by atoms with Crippen molar-refractivity contribution >= 4 is 0 Å². The first kappa shape index (κ1) is 8.01. The molecule has 0 aromatic carbocycles. The summed E-state index contributed by atoms with van der Waals surface area (Å²) in [5.41, 5.74) is 0. The van der Waals surface area contributed by atoms with Crippen molar-refractivity contribution in [3.05, 3.63) is 12.7 Å². The summed E-state index contributed by atoms with van der Waals surface area (Å²) in [5.74, 6) is 1.63. The first-order valence-corrected chi connectivity index (χ1v) is 5.27. The van der Waals surface area contributed by atoms with Gasteiger partial charge >= 0.3 is 0 Å². The second-order valence-corrected chi connectivity index (χ2v) is 4.45. The van der Waals surface area contributed by atoms with Crippen LogP contribution in [-0.2, 0) is 9.47 Å². The maximum Gasteiger partial charge on any atom is 0.177 e. The Balaban J connectivity index is 1.96. The van der Waals surface area contributed by atoms with Crippen LogP contribution in [0.25, 0.3) is 0 Å². The van der Waals surface area contributed by atoms with Gasteiger partial charge in [0.2, 0.25) is 0 Å². The maximum absolute atomic E-state index is 5.85. The molecule has 3 fully saturated rings. The third-order valence-electron chi connectivity index (χ3n) is 4.01. The lowest BCUT2D eigenvalue weighted by Crippen LogP contribution is -2.43. The van der Waals surface area contributed by atoms with Gasteiger partial charge in [-0.3, -0.25) is 0 Å². The second-order valence-electron chi connectivity index (χ2n) is 4.45. The van der Waals surface area contributed by atoms with Crippen LogP contribution in [0.1, 0.15) is 19.3 Å².